The third-order valence-corrected chi connectivity index (χ3v) is 2.57. The lowest BCUT2D eigenvalue weighted by molar-refractivity contribution is 0.0689. The fourth-order valence-electron chi connectivity index (χ4n) is 0.871. The molecule has 0 spiro atoms. The first-order valence-electron chi connectivity index (χ1n) is 3.26. The molecule has 0 atom stereocenters. The molecule has 0 fully saturated rings. The Morgan fingerprint density at radius 2 is 1.43 bits per heavy atom. The quantitative estimate of drug-likeness (QED) is 0.297. The number of carboxylic acid groups (broad SMARTS) is 1. The molecular weight excluding hydrogens is 307 g/mol. The number of halogens is 1. The van der Waals surface area contributed by atoms with Crippen LogP contribution in [0, 0.1) is 3.57 Å². The predicted molar refractivity (Wildman–Crippen MR) is 52.8 cm³/mol. The third-order valence-electron chi connectivity index (χ3n) is 1.55. The Kier molecular flexibility index (Phi) is 2.60. The first-order valence-corrected chi connectivity index (χ1v) is 4.34. The largest absolute Gasteiger partial charge is 0.506 e. The SMILES string of the molecule is O=C(O)c1c(O)c(O)c(O)c(I)c1O. The summed E-state index contributed by atoms with van der Waals surface area (Å²) in [7, 11) is 0. The van der Waals surface area contributed by atoms with Gasteiger partial charge >= 0.3 is 5.97 Å². The summed E-state index contributed by atoms with van der Waals surface area (Å²) in [4.78, 5) is 10.5. The number of phenols is 4. The van der Waals surface area contributed by atoms with Crippen molar-refractivity contribution in [1.82, 2.24) is 0 Å². The van der Waals surface area contributed by atoms with Gasteiger partial charge in [-0.3, -0.25) is 0 Å². The maximum Gasteiger partial charge on any atom is 0.343 e. The van der Waals surface area contributed by atoms with E-state index in [1.54, 1.807) is 0 Å². The van der Waals surface area contributed by atoms with Gasteiger partial charge < -0.3 is 25.5 Å². The molecule has 0 radical (unpaired) electrons. The zero-order valence-electron chi connectivity index (χ0n) is 6.52. The van der Waals surface area contributed by atoms with Crippen molar-refractivity contribution < 1.29 is 30.3 Å². The zero-order chi connectivity index (χ0) is 11.0. The number of carboxylic acids is 1. The van der Waals surface area contributed by atoms with Crippen LogP contribution in [0.2, 0.25) is 0 Å². The number of carbonyl (C=O) groups is 1. The van der Waals surface area contributed by atoms with E-state index < -0.39 is 34.5 Å². The van der Waals surface area contributed by atoms with E-state index in [-0.39, 0.29) is 3.57 Å². The second kappa shape index (κ2) is 3.40. The lowest BCUT2D eigenvalue weighted by atomic mass is 10.1. The van der Waals surface area contributed by atoms with Gasteiger partial charge in [-0.25, -0.2) is 4.79 Å². The molecule has 0 unspecified atom stereocenters. The Morgan fingerprint density at radius 1 is 0.929 bits per heavy atom. The zero-order valence-corrected chi connectivity index (χ0v) is 8.68. The smallest absolute Gasteiger partial charge is 0.343 e. The summed E-state index contributed by atoms with van der Waals surface area (Å²) >= 11 is 1.44. The Bertz CT molecular complexity index is 384. The van der Waals surface area contributed by atoms with E-state index in [0.29, 0.717) is 0 Å². The summed E-state index contributed by atoms with van der Waals surface area (Å²) in [5.41, 5.74) is -0.843. The third kappa shape index (κ3) is 1.39. The van der Waals surface area contributed by atoms with Crippen LogP contribution in [0.4, 0.5) is 0 Å². The molecule has 0 saturated heterocycles. The van der Waals surface area contributed by atoms with Crippen LogP contribution in [0.5, 0.6) is 23.0 Å². The van der Waals surface area contributed by atoms with Gasteiger partial charge in [0.15, 0.2) is 17.2 Å². The minimum Gasteiger partial charge on any atom is -0.506 e. The van der Waals surface area contributed by atoms with Crippen molar-refractivity contribution in [2.24, 2.45) is 0 Å². The van der Waals surface area contributed by atoms with Crippen LogP contribution in [0.1, 0.15) is 10.4 Å². The van der Waals surface area contributed by atoms with Gasteiger partial charge in [0.25, 0.3) is 0 Å². The van der Waals surface area contributed by atoms with Crippen LogP contribution in [0.3, 0.4) is 0 Å². The molecule has 7 heteroatoms. The molecule has 1 rings (SSSR count). The average Bonchev–Trinajstić information content (AvgIpc) is 2.11. The Balaban J connectivity index is 3.68. The van der Waals surface area contributed by atoms with E-state index in [1.807, 2.05) is 0 Å². The maximum absolute atomic E-state index is 10.5. The molecule has 1 aromatic rings. The topological polar surface area (TPSA) is 118 Å². The molecule has 1 aromatic carbocycles. The molecule has 14 heavy (non-hydrogen) atoms. The van der Waals surface area contributed by atoms with Crippen molar-refractivity contribution in [2.75, 3.05) is 0 Å². The summed E-state index contributed by atoms with van der Waals surface area (Å²) in [6.07, 6.45) is 0. The number of rotatable bonds is 1. The normalized spacial score (nSPS) is 10.1. The number of hydrogen-bond donors (Lipinski definition) is 5. The van der Waals surface area contributed by atoms with Crippen molar-refractivity contribution in [1.29, 1.82) is 0 Å². The maximum atomic E-state index is 10.5. The highest BCUT2D eigenvalue weighted by Crippen LogP contribution is 2.46. The predicted octanol–water partition coefficient (Wildman–Crippen LogP) is 0.812. The van der Waals surface area contributed by atoms with E-state index >= 15 is 0 Å². The highest BCUT2D eigenvalue weighted by atomic mass is 127. The average molecular weight is 312 g/mol. The molecular formula is C7H5IO6. The molecule has 0 aromatic heterocycles. The van der Waals surface area contributed by atoms with Crippen molar-refractivity contribution >= 4 is 28.6 Å². The minimum absolute atomic E-state index is 0.240. The Labute approximate surface area is 91.2 Å². The second-order valence-corrected chi connectivity index (χ2v) is 3.47. The molecule has 0 aliphatic carbocycles. The number of hydrogen-bond acceptors (Lipinski definition) is 5. The van der Waals surface area contributed by atoms with Crippen LogP contribution in [-0.4, -0.2) is 31.5 Å². The summed E-state index contributed by atoms with van der Waals surface area (Å²) in [6, 6.07) is 0. The minimum atomic E-state index is -1.60. The lowest BCUT2D eigenvalue weighted by Gasteiger charge is -2.08. The van der Waals surface area contributed by atoms with Gasteiger partial charge in [-0.1, -0.05) is 0 Å². The van der Waals surface area contributed by atoms with Crippen LogP contribution in [0.25, 0.3) is 0 Å². The molecule has 76 valence electrons. The fraction of sp³-hybridized carbons (Fsp3) is 0. The van der Waals surface area contributed by atoms with Crippen molar-refractivity contribution in [2.45, 2.75) is 0 Å². The van der Waals surface area contributed by atoms with Crippen LogP contribution in [0.15, 0.2) is 0 Å². The van der Waals surface area contributed by atoms with Gasteiger partial charge in [0.2, 0.25) is 5.75 Å². The standard InChI is InChI=1S/C7H5IO6/c8-2-3(9)1(7(13)14)4(10)6(12)5(2)11/h9-12H,(H,13,14). The summed E-state index contributed by atoms with van der Waals surface area (Å²) < 4.78 is -0.240. The number of benzene rings is 1. The molecule has 0 aliphatic rings. The van der Waals surface area contributed by atoms with Gasteiger partial charge in [-0.15, -0.1) is 0 Å². The number of aromatic hydroxyl groups is 4. The van der Waals surface area contributed by atoms with Gasteiger partial charge in [-0.2, -0.15) is 0 Å². The first-order chi connectivity index (χ1) is 6.37. The van der Waals surface area contributed by atoms with E-state index in [9.17, 15) is 9.90 Å². The molecule has 6 nitrogen and oxygen atoms in total. The summed E-state index contributed by atoms with van der Waals surface area (Å²) in [6.45, 7) is 0. The Morgan fingerprint density at radius 3 is 1.86 bits per heavy atom. The molecule has 0 aliphatic heterocycles. The highest BCUT2D eigenvalue weighted by Gasteiger charge is 2.25. The van der Waals surface area contributed by atoms with Gasteiger partial charge in [0.05, 0.1) is 0 Å². The van der Waals surface area contributed by atoms with Crippen LogP contribution in [-0.2, 0) is 0 Å². The van der Waals surface area contributed by atoms with E-state index in [0.717, 1.165) is 0 Å². The lowest BCUT2D eigenvalue weighted by Crippen LogP contribution is -1.99. The van der Waals surface area contributed by atoms with Crippen molar-refractivity contribution in [3.05, 3.63) is 9.13 Å². The summed E-state index contributed by atoms with van der Waals surface area (Å²) in [5, 5.41) is 45.1. The molecule has 0 saturated carbocycles. The summed E-state index contributed by atoms with van der Waals surface area (Å²) in [5.74, 6) is -5.18. The highest BCUT2D eigenvalue weighted by molar-refractivity contribution is 14.1. The first kappa shape index (κ1) is 10.7. The fourth-order valence-corrected chi connectivity index (χ4v) is 1.40. The van der Waals surface area contributed by atoms with Gasteiger partial charge in [0, 0.05) is 0 Å². The molecule has 5 N–H and O–H groups in total. The van der Waals surface area contributed by atoms with Crippen LogP contribution >= 0.6 is 22.6 Å². The van der Waals surface area contributed by atoms with E-state index in [4.69, 9.17) is 20.4 Å². The monoisotopic (exact) mass is 312 g/mol. The van der Waals surface area contributed by atoms with E-state index in [1.165, 1.54) is 22.6 Å². The second-order valence-electron chi connectivity index (χ2n) is 2.39. The van der Waals surface area contributed by atoms with Crippen molar-refractivity contribution in [3.8, 4) is 23.0 Å². The molecule has 0 amide bonds. The van der Waals surface area contributed by atoms with E-state index in [2.05, 4.69) is 0 Å². The molecule has 0 bridgehead atoms. The Hall–Kier alpha value is -1.38. The van der Waals surface area contributed by atoms with Crippen molar-refractivity contribution in [3.63, 3.8) is 0 Å². The van der Waals surface area contributed by atoms with Crippen LogP contribution < -0.4 is 0 Å². The number of phenolic OH excluding ortho intramolecular Hbond substituents is 2. The van der Waals surface area contributed by atoms with Gasteiger partial charge in [-0.05, 0) is 22.6 Å². The number of aromatic carboxylic acids is 1. The van der Waals surface area contributed by atoms with Gasteiger partial charge in [0.1, 0.15) is 9.13 Å². The molecule has 0 heterocycles.